The Labute approximate surface area is 104 Å². The molecule has 1 saturated carbocycles. The number of hydrogen-bond donors (Lipinski definition) is 1. The lowest BCUT2D eigenvalue weighted by atomic mass is 10.5. The minimum atomic E-state index is 0.733. The summed E-state index contributed by atoms with van der Waals surface area (Å²) in [4.78, 5) is 8.42. The van der Waals surface area contributed by atoms with Crippen LogP contribution in [0.1, 0.15) is 18.7 Å². The largest absolute Gasteiger partial charge is 0.379 e. The fraction of sp³-hybridized carbons (Fsp3) is 0.636. The van der Waals surface area contributed by atoms with E-state index < -0.39 is 0 Å². The summed E-state index contributed by atoms with van der Waals surface area (Å²) in [5, 5.41) is 3.21. The molecule has 0 aliphatic heterocycles. The molecule has 16 heavy (non-hydrogen) atoms. The summed E-state index contributed by atoms with van der Waals surface area (Å²) in [5.41, 5.74) is 0. The molecule has 0 saturated heterocycles. The van der Waals surface area contributed by atoms with Gasteiger partial charge in [0.2, 0.25) is 0 Å². The van der Waals surface area contributed by atoms with Gasteiger partial charge in [-0.15, -0.1) is 0 Å². The van der Waals surface area contributed by atoms with Gasteiger partial charge >= 0.3 is 0 Å². The first-order valence-corrected chi connectivity index (χ1v) is 6.36. The molecule has 1 N–H and O–H groups in total. The molecular weight excluding hydrogens is 270 g/mol. The Morgan fingerprint density at radius 1 is 1.50 bits per heavy atom. The van der Waals surface area contributed by atoms with Crippen LogP contribution in [0.15, 0.2) is 10.7 Å². The van der Waals surface area contributed by atoms with Crippen molar-refractivity contribution in [3.8, 4) is 0 Å². The van der Waals surface area contributed by atoms with Gasteiger partial charge in [0, 0.05) is 19.2 Å². The summed E-state index contributed by atoms with van der Waals surface area (Å²) in [7, 11) is 0. The Balaban J connectivity index is 1.67. The maximum atomic E-state index is 5.52. The molecule has 0 aromatic carbocycles. The smallest absolute Gasteiger partial charge is 0.130 e. The third-order valence-corrected chi connectivity index (χ3v) is 2.82. The topological polar surface area (TPSA) is 47.0 Å². The van der Waals surface area contributed by atoms with E-state index in [0.717, 1.165) is 41.9 Å². The molecule has 0 radical (unpaired) electrons. The Kier molecular flexibility index (Phi) is 4.12. The third kappa shape index (κ3) is 4.06. The summed E-state index contributed by atoms with van der Waals surface area (Å²) >= 11 is 3.34. The molecule has 0 bridgehead atoms. The Hall–Kier alpha value is -0.680. The van der Waals surface area contributed by atoms with E-state index in [0.29, 0.717) is 0 Å². The quantitative estimate of drug-likeness (QED) is 0.644. The van der Waals surface area contributed by atoms with Crippen LogP contribution in [0.2, 0.25) is 0 Å². The zero-order chi connectivity index (χ0) is 11.4. The molecule has 1 heterocycles. The molecule has 0 atom stereocenters. The number of aromatic nitrogens is 2. The van der Waals surface area contributed by atoms with Gasteiger partial charge < -0.3 is 10.1 Å². The van der Waals surface area contributed by atoms with E-state index in [2.05, 4.69) is 31.2 Å². The van der Waals surface area contributed by atoms with Crippen molar-refractivity contribution in [2.45, 2.75) is 19.8 Å². The molecule has 0 amide bonds. The van der Waals surface area contributed by atoms with Crippen LogP contribution in [-0.4, -0.2) is 29.7 Å². The van der Waals surface area contributed by atoms with Crippen molar-refractivity contribution in [3.05, 3.63) is 16.5 Å². The fourth-order valence-electron chi connectivity index (χ4n) is 1.41. The lowest BCUT2D eigenvalue weighted by Gasteiger charge is -2.07. The van der Waals surface area contributed by atoms with Gasteiger partial charge in [-0.3, -0.25) is 0 Å². The maximum absolute atomic E-state index is 5.52. The first kappa shape index (κ1) is 11.8. The number of anilines is 1. The standard InChI is InChI=1S/C11H16BrN3O/c1-8-14-10(12)6-11(15-8)13-4-5-16-7-9-2-3-9/h6,9H,2-5,7H2,1H3,(H,13,14,15). The number of aryl methyl sites for hydroxylation is 1. The summed E-state index contributed by atoms with van der Waals surface area (Å²) in [5.74, 6) is 2.43. The predicted octanol–water partition coefficient (Wildman–Crippen LogP) is 2.39. The molecule has 1 aromatic heterocycles. The Bertz CT molecular complexity index is 335. The average molecular weight is 286 g/mol. The highest BCUT2D eigenvalue weighted by Crippen LogP contribution is 2.28. The number of halogens is 1. The van der Waals surface area contributed by atoms with E-state index >= 15 is 0 Å². The summed E-state index contributed by atoms with van der Waals surface area (Å²) in [6.45, 7) is 4.31. The van der Waals surface area contributed by atoms with Crippen molar-refractivity contribution in [2.75, 3.05) is 25.1 Å². The van der Waals surface area contributed by atoms with Crippen molar-refractivity contribution < 1.29 is 4.74 Å². The molecular formula is C11H16BrN3O. The first-order valence-electron chi connectivity index (χ1n) is 5.57. The number of ether oxygens (including phenoxy) is 1. The number of nitrogens with one attached hydrogen (secondary N) is 1. The van der Waals surface area contributed by atoms with E-state index in [1.54, 1.807) is 0 Å². The zero-order valence-corrected chi connectivity index (χ0v) is 11.0. The predicted molar refractivity (Wildman–Crippen MR) is 66.5 cm³/mol. The van der Waals surface area contributed by atoms with Gasteiger partial charge in [0.15, 0.2) is 0 Å². The van der Waals surface area contributed by atoms with Gasteiger partial charge in [0.1, 0.15) is 16.2 Å². The minimum Gasteiger partial charge on any atom is -0.379 e. The van der Waals surface area contributed by atoms with Crippen LogP contribution in [0.3, 0.4) is 0 Å². The van der Waals surface area contributed by atoms with Crippen molar-refractivity contribution in [2.24, 2.45) is 5.92 Å². The highest BCUT2D eigenvalue weighted by Gasteiger charge is 2.20. The van der Waals surface area contributed by atoms with Gasteiger partial charge in [-0.05, 0) is 41.6 Å². The van der Waals surface area contributed by atoms with Crippen molar-refractivity contribution in [1.82, 2.24) is 9.97 Å². The molecule has 0 spiro atoms. The molecule has 0 unspecified atom stereocenters. The van der Waals surface area contributed by atoms with Gasteiger partial charge in [0.25, 0.3) is 0 Å². The lowest BCUT2D eigenvalue weighted by molar-refractivity contribution is 0.134. The summed E-state index contributed by atoms with van der Waals surface area (Å²) in [6, 6.07) is 1.87. The van der Waals surface area contributed by atoms with Gasteiger partial charge in [0.05, 0.1) is 6.61 Å². The second kappa shape index (κ2) is 5.59. The molecule has 1 aliphatic rings. The second-order valence-corrected chi connectivity index (χ2v) is 4.88. The number of nitrogens with zero attached hydrogens (tertiary/aromatic N) is 2. The molecule has 1 aliphatic carbocycles. The van der Waals surface area contributed by atoms with Crippen LogP contribution in [-0.2, 0) is 4.74 Å². The van der Waals surface area contributed by atoms with Gasteiger partial charge in [-0.1, -0.05) is 0 Å². The highest BCUT2D eigenvalue weighted by atomic mass is 79.9. The van der Waals surface area contributed by atoms with Gasteiger partial charge in [-0.2, -0.15) is 0 Å². The van der Waals surface area contributed by atoms with Crippen LogP contribution in [0.5, 0.6) is 0 Å². The number of hydrogen-bond acceptors (Lipinski definition) is 4. The molecule has 5 heteroatoms. The van der Waals surface area contributed by atoms with Crippen LogP contribution in [0.4, 0.5) is 5.82 Å². The molecule has 88 valence electrons. The van der Waals surface area contributed by atoms with Crippen LogP contribution < -0.4 is 5.32 Å². The minimum absolute atomic E-state index is 0.733. The Morgan fingerprint density at radius 3 is 3.00 bits per heavy atom. The molecule has 2 rings (SSSR count). The molecule has 1 fully saturated rings. The zero-order valence-electron chi connectivity index (χ0n) is 9.37. The number of rotatable bonds is 6. The van der Waals surface area contributed by atoms with Crippen LogP contribution in [0.25, 0.3) is 0 Å². The van der Waals surface area contributed by atoms with Crippen LogP contribution in [0, 0.1) is 12.8 Å². The van der Waals surface area contributed by atoms with Crippen molar-refractivity contribution >= 4 is 21.7 Å². The first-order chi connectivity index (χ1) is 7.74. The van der Waals surface area contributed by atoms with Crippen LogP contribution >= 0.6 is 15.9 Å². The van der Waals surface area contributed by atoms with Gasteiger partial charge in [-0.25, -0.2) is 9.97 Å². The SMILES string of the molecule is Cc1nc(Br)cc(NCCOCC2CC2)n1. The third-order valence-electron chi connectivity index (χ3n) is 2.41. The lowest BCUT2D eigenvalue weighted by Crippen LogP contribution is -2.12. The van der Waals surface area contributed by atoms with E-state index in [-0.39, 0.29) is 0 Å². The highest BCUT2D eigenvalue weighted by molar-refractivity contribution is 9.10. The second-order valence-electron chi connectivity index (χ2n) is 4.07. The average Bonchev–Trinajstić information content (AvgIpc) is 2.99. The summed E-state index contributed by atoms with van der Waals surface area (Å²) in [6.07, 6.45) is 2.68. The molecule has 1 aromatic rings. The van der Waals surface area contributed by atoms with E-state index in [9.17, 15) is 0 Å². The maximum Gasteiger partial charge on any atom is 0.130 e. The normalized spacial score (nSPS) is 15.1. The van der Waals surface area contributed by atoms with E-state index in [4.69, 9.17) is 4.74 Å². The van der Waals surface area contributed by atoms with E-state index in [1.165, 1.54) is 12.8 Å². The summed E-state index contributed by atoms with van der Waals surface area (Å²) < 4.78 is 6.33. The monoisotopic (exact) mass is 285 g/mol. The Morgan fingerprint density at radius 2 is 2.31 bits per heavy atom. The van der Waals surface area contributed by atoms with Crippen molar-refractivity contribution in [3.63, 3.8) is 0 Å². The van der Waals surface area contributed by atoms with E-state index in [1.807, 2.05) is 13.0 Å². The molecule has 4 nitrogen and oxygen atoms in total. The fourth-order valence-corrected chi connectivity index (χ4v) is 1.88. The van der Waals surface area contributed by atoms with Crippen molar-refractivity contribution in [1.29, 1.82) is 0 Å².